The first kappa shape index (κ1) is 11.3. The summed E-state index contributed by atoms with van der Waals surface area (Å²) in [6.07, 6.45) is 0. The summed E-state index contributed by atoms with van der Waals surface area (Å²) in [7, 11) is 0. The molecular weight excluding hydrogens is 224 g/mol. The van der Waals surface area contributed by atoms with Gasteiger partial charge in [-0.3, -0.25) is 0 Å². The maximum Gasteiger partial charge on any atom is 0.329 e. The van der Waals surface area contributed by atoms with Crippen LogP contribution in [0, 0.1) is 0 Å². The summed E-state index contributed by atoms with van der Waals surface area (Å²) in [6, 6.07) is 9.29. The maximum absolute atomic E-state index is 10.2. The predicted octanol–water partition coefficient (Wildman–Crippen LogP) is 1.34. The monoisotopic (exact) mass is 234 g/mol. The summed E-state index contributed by atoms with van der Waals surface area (Å²) in [5, 5.41) is 12.1. The zero-order valence-corrected chi connectivity index (χ0v) is 8.87. The molecule has 0 amide bonds. The van der Waals surface area contributed by atoms with Crippen LogP contribution in [0.2, 0.25) is 0 Å². The van der Waals surface area contributed by atoms with Crippen molar-refractivity contribution in [1.29, 1.82) is 0 Å². The minimum atomic E-state index is -1.03. The van der Waals surface area contributed by atoms with Crippen molar-refractivity contribution in [1.82, 2.24) is 10.1 Å². The van der Waals surface area contributed by atoms with E-state index in [2.05, 4.69) is 10.1 Å². The van der Waals surface area contributed by atoms with Gasteiger partial charge >= 0.3 is 5.97 Å². The number of hydrogen-bond acceptors (Lipinski definition) is 5. The van der Waals surface area contributed by atoms with Crippen LogP contribution in [0.5, 0.6) is 0 Å². The normalized spacial score (nSPS) is 10.4. The van der Waals surface area contributed by atoms with Crippen LogP contribution in [0.3, 0.4) is 0 Å². The van der Waals surface area contributed by atoms with Crippen molar-refractivity contribution < 1.29 is 19.2 Å². The van der Waals surface area contributed by atoms with E-state index in [0.29, 0.717) is 11.7 Å². The van der Waals surface area contributed by atoms with Gasteiger partial charge in [0, 0.05) is 5.56 Å². The van der Waals surface area contributed by atoms with Crippen LogP contribution in [-0.2, 0) is 16.1 Å². The van der Waals surface area contributed by atoms with Gasteiger partial charge in [0.2, 0.25) is 0 Å². The Hall–Kier alpha value is -2.21. The van der Waals surface area contributed by atoms with Crippen molar-refractivity contribution in [2.45, 2.75) is 6.61 Å². The first-order valence-corrected chi connectivity index (χ1v) is 4.93. The van der Waals surface area contributed by atoms with Gasteiger partial charge in [0.05, 0.1) is 0 Å². The number of benzene rings is 1. The Morgan fingerprint density at radius 1 is 1.35 bits per heavy atom. The first-order chi connectivity index (χ1) is 8.25. The lowest BCUT2D eigenvalue weighted by Crippen LogP contribution is -2.07. The molecule has 0 saturated carbocycles. The summed E-state index contributed by atoms with van der Waals surface area (Å²) in [5.74, 6) is -0.318. The lowest BCUT2D eigenvalue weighted by atomic mass is 10.2. The number of nitrogens with zero attached hydrogens (tertiary/aromatic N) is 2. The topological polar surface area (TPSA) is 85.5 Å². The average Bonchev–Trinajstić information content (AvgIpc) is 2.78. The molecule has 88 valence electrons. The van der Waals surface area contributed by atoms with Gasteiger partial charge in [-0.15, -0.1) is 0 Å². The fraction of sp³-hybridized carbons (Fsp3) is 0.182. The number of ether oxygens (including phenoxy) is 1. The molecule has 0 fully saturated rings. The van der Waals surface area contributed by atoms with Crippen LogP contribution in [-0.4, -0.2) is 27.8 Å². The molecule has 2 aromatic rings. The number of carboxylic acids is 1. The molecule has 1 aromatic heterocycles. The smallest absolute Gasteiger partial charge is 0.329 e. The number of carbonyl (C=O) groups is 1. The lowest BCUT2D eigenvalue weighted by Gasteiger charge is -1.94. The average molecular weight is 234 g/mol. The van der Waals surface area contributed by atoms with Crippen LogP contribution in [0.4, 0.5) is 0 Å². The third-order valence-corrected chi connectivity index (χ3v) is 1.95. The van der Waals surface area contributed by atoms with Gasteiger partial charge in [-0.1, -0.05) is 23.4 Å². The highest BCUT2D eigenvalue weighted by molar-refractivity contribution is 5.67. The highest BCUT2D eigenvalue weighted by atomic mass is 16.5. The van der Waals surface area contributed by atoms with Gasteiger partial charge in [0.15, 0.2) is 5.82 Å². The second-order valence-corrected chi connectivity index (χ2v) is 3.27. The minimum Gasteiger partial charge on any atom is -0.480 e. The van der Waals surface area contributed by atoms with E-state index in [4.69, 9.17) is 14.4 Å². The van der Waals surface area contributed by atoms with Gasteiger partial charge in [0.1, 0.15) is 13.2 Å². The molecule has 0 aliphatic rings. The molecule has 0 radical (unpaired) electrons. The third-order valence-electron chi connectivity index (χ3n) is 1.95. The molecule has 0 unspecified atom stereocenters. The fourth-order valence-electron chi connectivity index (χ4n) is 1.24. The molecule has 0 saturated heterocycles. The Morgan fingerprint density at radius 3 is 2.82 bits per heavy atom. The van der Waals surface area contributed by atoms with Crippen LogP contribution >= 0.6 is 0 Å². The summed E-state index contributed by atoms with van der Waals surface area (Å²) >= 11 is 0. The molecule has 0 spiro atoms. The number of aromatic nitrogens is 2. The molecular formula is C11H10N2O4. The van der Waals surface area contributed by atoms with E-state index in [1.807, 2.05) is 30.3 Å². The molecule has 0 atom stereocenters. The summed E-state index contributed by atoms with van der Waals surface area (Å²) < 4.78 is 9.87. The molecule has 0 bridgehead atoms. The second kappa shape index (κ2) is 5.22. The second-order valence-electron chi connectivity index (χ2n) is 3.27. The number of hydrogen-bond donors (Lipinski definition) is 1. The SMILES string of the molecule is O=C(O)COCc1noc(-c2ccccc2)n1. The van der Waals surface area contributed by atoms with Gasteiger partial charge in [-0.25, -0.2) is 4.79 Å². The summed E-state index contributed by atoms with van der Waals surface area (Å²) in [6.45, 7) is -0.363. The standard InChI is InChI=1S/C11H10N2O4/c14-10(15)7-16-6-9-12-11(17-13-9)8-4-2-1-3-5-8/h1-5H,6-7H2,(H,14,15). The summed E-state index contributed by atoms with van der Waals surface area (Å²) in [4.78, 5) is 14.3. The number of carboxylic acid groups (broad SMARTS) is 1. The van der Waals surface area contributed by atoms with Crippen molar-refractivity contribution in [3.05, 3.63) is 36.2 Å². The van der Waals surface area contributed by atoms with E-state index < -0.39 is 5.97 Å². The largest absolute Gasteiger partial charge is 0.480 e. The molecule has 1 N–H and O–H groups in total. The predicted molar refractivity (Wildman–Crippen MR) is 57.0 cm³/mol. The van der Waals surface area contributed by atoms with Crippen molar-refractivity contribution in [3.63, 3.8) is 0 Å². The van der Waals surface area contributed by atoms with E-state index >= 15 is 0 Å². The zero-order chi connectivity index (χ0) is 12.1. The lowest BCUT2D eigenvalue weighted by molar-refractivity contribution is -0.142. The molecule has 1 heterocycles. The Kier molecular flexibility index (Phi) is 3.46. The molecule has 6 nitrogen and oxygen atoms in total. The highest BCUT2D eigenvalue weighted by Gasteiger charge is 2.08. The van der Waals surface area contributed by atoms with Crippen LogP contribution in [0.15, 0.2) is 34.9 Å². The quantitative estimate of drug-likeness (QED) is 0.840. The van der Waals surface area contributed by atoms with E-state index in [1.165, 1.54) is 0 Å². The minimum absolute atomic E-state index is 0.0165. The van der Waals surface area contributed by atoms with Gasteiger partial charge in [0.25, 0.3) is 5.89 Å². The Labute approximate surface area is 96.8 Å². The molecule has 1 aromatic carbocycles. The Bertz CT molecular complexity index is 495. The van der Waals surface area contributed by atoms with E-state index in [0.717, 1.165) is 5.56 Å². The Balaban J connectivity index is 1.99. The van der Waals surface area contributed by atoms with Crippen LogP contribution in [0.1, 0.15) is 5.82 Å². The van der Waals surface area contributed by atoms with E-state index in [1.54, 1.807) is 0 Å². The number of aliphatic carboxylic acids is 1. The summed E-state index contributed by atoms with van der Waals surface area (Å²) in [5.41, 5.74) is 0.810. The third kappa shape index (κ3) is 3.12. The molecule has 6 heteroatoms. The van der Waals surface area contributed by atoms with Crippen molar-refractivity contribution >= 4 is 5.97 Å². The van der Waals surface area contributed by atoms with E-state index in [9.17, 15) is 4.79 Å². The Morgan fingerprint density at radius 2 is 2.12 bits per heavy atom. The van der Waals surface area contributed by atoms with Crippen LogP contribution in [0.25, 0.3) is 11.5 Å². The molecule has 2 rings (SSSR count). The molecule has 0 aliphatic carbocycles. The highest BCUT2D eigenvalue weighted by Crippen LogP contribution is 2.16. The van der Waals surface area contributed by atoms with Gasteiger partial charge in [-0.2, -0.15) is 4.98 Å². The van der Waals surface area contributed by atoms with Gasteiger partial charge in [-0.05, 0) is 12.1 Å². The number of rotatable bonds is 5. The van der Waals surface area contributed by atoms with Crippen molar-refractivity contribution in [2.24, 2.45) is 0 Å². The maximum atomic E-state index is 10.2. The van der Waals surface area contributed by atoms with Crippen molar-refractivity contribution in [3.8, 4) is 11.5 Å². The van der Waals surface area contributed by atoms with Gasteiger partial charge < -0.3 is 14.4 Å². The fourth-order valence-corrected chi connectivity index (χ4v) is 1.24. The van der Waals surface area contributed by atoms with Crippen molar-refractivity contribution in [2.75, 3.05) is 6.61 Å². The van der Waals surface area contributed by atoms with E-state index in [-0.39, 0.29) is 13.2 Å². The van der Waals surface area contributed by atoms with Crippen LogP contribution < -0.4 is 0 Å². The zero-order valence-electron chi connectivity index (χ0n) is 8.87. The first-order valence-electron chi connectivity index (χ1n) is 4.93. The molecule has 0 aliphatic heterocycles. The molecule has 17 heavy (non-hydrogen) atoms.